The average molecular weight is 262 g/mol. The number of nitrogens with two attached hydrogens (primary N) is 1. The minimum absolute atomic E-state index is 0.407. The van der Waals surface area contributed by atoms with E-state index >= 15 is 0 Å². The fraction of sp³-hybridized carbons (Fsp3) is 0.357. The number of hydrogen-bond donors (Lipinski definition) is 2. The van der Waals surface area contributed by atoms with Crippen LogP contribution in [0.25, 0.3) is 10.9 Å². The summed E-state index contributed by atoms with van der Waals surface area (Å²) >= 11 is 0. The van der Waals surface area contributed by atoms with Gasteiger partial charge in [-0.3, -0.25) is 4.79 Å². The quantitative estimate of drug-likeness (QED) is 0.802. The summed E-state index contributed by atoms with van der Waals surface area (Å²) in [5.74, 6) is 0.401. The van der Waals surface area contributed by atoms with Gasteiger partial charge in [0.1, 0.15) is 11.8 Å². The van der Waals surface area contributed by atoms with Crippen molar-refractivity contribution in [3.63, 3.8) is 0 Å². The summed E-state index contributed by atoms with van der Waals surface area (Å²) in [7, 11) is 1.34. The lowest BCUT2D eigenvalue weighted by atomic mass is 10.1. The van der Waals surface area contributed by atoms with Gasteiger partial charge in [0.2, 0.25) is 0 Å². The second kappa shape index (κ2) is 5.75. The Balaban J connectivity index is 2.27. The minimum atomic E-state index is -0.653. The number of aromatic nitrogens is 1. The molecule has 0 aliphatic rings. The third-order valence-corrected chi connectivity index (χ3v) is 2.99. The molecule has 0 saturated carbocycles. The summed E-state index contributed by atoms with van der Waals surface area (Å²) in [6.07, 6.45) is 2.30. The zero-order valence-electron chi connectivity index (χ0n) is 11.1. The van der Waals surface area contributed by atoms with E-state index in [1.165, 1.54) is 7.11 Å². The molecule has 0 aliphatic heterocycles. The first-order valence-corrected chi connectivity index (χ1v) is 6.22. The van der Waals surface area contributed by atoms with Crippen molar-refractivity contribution in [1.82, 2.24) is 4.98 Å². The van der Waals surface area contributed by atoms with Crippen LogP contribution in [0.1, 0.15) is 12.5 Å². The fourth-order valence-electron chi connectivity index (χ4n) is 2.05. The number of H-pyrrole nitrogens is 1. The molecule has 0 spiro atoms. The SMILES string of the molecule is CCOc1ccc2[nH]cc(CC(N)C(=O)OC)c2c1. The highest BCUT2D eigenvalue weighted by atomic mass is 16.5. The van der Waals surface area contributed by atoms with E-state index in [0.717, 1.165) is 22.2 Å². The van der Waals surface area contributed by atoms with Gasteiger partial charge in [-0.25, -0.2) is 0 Å². The number of rotatable bonds is 5. The topological polar surface area (TPSA) is 77.3 Å². The molecule has 2 rings (SSSR count). The van der Waals surface area contributed by atoms with Gasteiger partial charge in [0.25, 0.3) is 0 Å². The number of benzene rings is 1. The third-order valence-electron chi connectivity index (χ3n) is 2.99. The number of carbonyl (C=O) groups excluding carboxylic acids is 1. The van der Waals surface area contributed by atoms with Crippen LogP contribution in [0.4, 0.5) is 0 Å². The lowest BCUT2D eigenvalue weighted by molar-refractivity contribution is -0.142. The second-order valence-corrected chi connectivity index (χ2v) is 4.29. The molecule has 2 aromatic rings. The van der Waals surface area contributed by atoms with Gasteiger partial charge in [-0.05, 0) is 30.7 Å². The number of esters is 1. The van der Waals surface area contributed by atoms with E-state index in [2.05, 4.69) is 9.72 Å². The van der Waals surface area contributed by atoms with Gasteiger partial charge in [-0.15, -0.1) is 0 Å². The molecule has 5 heteroatoms. The van der Waals surface area contributed by atoms with E-state index in [9.17, 15) is 4.79 Å². The van der Waals surface area contributed by atoms with Crippen LogP contribution in [0.2, 0.25) is 0 Å². The Morgan fingerprint density at radius 1 is 1.47 bits per heavy atom. The van der Waals surface area contributed by atoms with E-state index in [0.29, 0.717) is 13.0 Å². The zero-order chi connectivity index (χ0) is 13.8. The smallest absolute Gasteiger partial charge is 0.322 e. The monoisotopic (exact) mass is 262 g/mol. The average Bonchev–Trinajstić information content (AvgIpc) is 2.81. The maximum absolute atomic E-state index is 11.4. The molecule has 102 valence electrons. The summed E-state index contributed by atoms with van der Waals surface area (Å²) in [6.45, 7) is 2.56. The molecular weight excluding hydrogens is 244 g/mol. The molecule has 0 radical (unpaired) electrons. The molecule has 0 aliphatic carbocycles. The molecular formula is C14H18N2O3. The standard InChI is InChI=1S/C14H18N2O3/c1-3-19-10-4-5-13-11(7-10)9(8-16-13)6-12(15)14(17)18-2/h4-5,7-8,12,16H,3,6,15H2,1-2H3. The summed E-state index contributed by atoms with van der Waals surface area (Å²) < 4.78 is 10.1. The van der Waals surface area contributed by atoms with Gasteiger partial charge >= 0.3 is 5.97 Å². The highest BCUT2D eigenvalue weighted by Gasteiger charge is 2.16. The number of aromatic amines is 1. The lowest BCUT2D eigenvalue weighted by Crippen LogP contribution is -2.33. The van der Waals surface area contributed by atoms with Crippen molar-refractivity contribution in [2.24, 2.45) is 5.73 Å². The van der Waals surface area contributed by atoms with E-state index in [1.807, 2.05) is 31.3 Å². The number of carbonyl (C=O) groups is 1. The summed E-state index contributed by atoms with van der Waals surface area (Å²) in [6, 6.07) is 5.16. The van der Waals surface area contributed by atoms with Gasteiger partial charge in [0.05, 0.1) is 13.7 Å². The molecule has 0 bridgehead atoms. The van der Waals surface area contributed by atoms with Crippen LogP contribution >= 0.6 is 0 Å². The highest BCUT2D eigenvalue weighted by molar-refractivity contribution is 5.85. The van der Waals surface area contributed by atoms with Crippen LogP contribution in [0.5, 0.6) is 5.75 Å². The Morgan fingerprint density at radius 3 is 2.95 bits per heavy atom. The first-order chi connectivity index (χ1) is 9.15. The van der Waals surface area contributed by atoms with Gasteiger partial charge in [-0.1, -0.05) is 0 Å². The predicted molar refractivity (Wildman–Crippen MR) is 73.2 cm³/mol. The second-order valence-electron chi connectivity index (χ2n) is 4.29. The summed E-state index contributed by atoms with van der Waals surface area (Å²) in [5.41, 5.74) is 7.76. The van der Waals surface area contributed by atoms with Crippen molar-refractivity contribution in [3.05, 3.63) is 30.0 Å². The van der Waals surface area contributed by atoms with Gasteiger partial charge in [-0.2, -0.15) is 0 Å². The molecule has 5 nitrogen and oxygen atoms in total. The summed E-state index contributed by atoms with van der Waals surface area (Å²) in [5, 5.41) is 1.02. The molecule has 0 amide bonds. The van der Waals surface area contributed by atoms with Crippen LogP contribution in [0, 0.1) is 0 Å². The Bertz CT molecular complexity index is 577. The van der Waals surface area contributed by atoms with Gasteiger partial charge < -0.3 is 20.2 Å². The molecule has 0 saturated heterocycles. The van der Waals surface area contributed by atoms with E-state index in [-0.39, 0.29) is 0 Å². The third kappa shape index (κ3) is 2.88. The Morgan fingerprint density at radius 2 is 2.26 bits per heavy atom. The molecule has 3 N–H and O–H groups in total. The number of nitrogens with one attached hydrogen (secondary N) is 1. The maximum Gasteiger partial charge on any atom is 0.322 e. The van der Waals surface area contributed by atoms with Crippen molar-refractivity contribution < 1.29 is 14.3 Å². The highest BCUT2D eigenvalue weighted by Crippen LogP contribution is 2.24. The molecule has 1 unspecified atom stereocenters. The van der Waals surface area contributed by atoms with Crippen molar-refractivity contribution in [2.75, 3.05) is 13.7 Å². The normalized spacial score (nSPS) is 12.4. The first kappa shape index (κ1) is 13.4. The van der Waals surface area contributed by atoms with Crippen LogP contribution in [-0.4, -0.2) is 30.7 Å². The van der Waals surface area contributed by atoms with Crippen LogP contribution in [0.3, 0.4) is 0 Å². The largest absolute Gasteiger partial charge is 0.494 e. The van der Waals surface area contributed by atoms with Crippen molar-refractivity contribution in [3.8, 4) is 5.75 Å². The molecule has 1 heterocycles. The molecule has 1 aromatic heterocycles. The van der Waals surface area contributed by atoms with E-state index < -0.39 is 12.0 Å². The van der Waals surface area contributed by atoms with E-state index in [4.69, 9.17) is 10.5 Å². The number of fused-ring (bicyclic) bond motifs is 1. The number of ether oxygens (including phenoxy) is 2. The van der Waals surface area contributed by atoms with Gasteiger partial charge in [0, 0.05) is 23.5 Å². The number of hydrogen-bond acceptors (Lipinski definition) is 4. The van der Waals surface area contributed by atoms with Crippen LogP contribution in [-0.2, 0) is 16.0 Å². The van der Waals surface area contributed by atoms with Crippen molar-refractivity contribution in [2.45, 2.75) is 19.4 Å². The molecule has 0 fully saturated rings. The maximum atomic E-state index is 11.4. The van der Waals surface area contributed by atoms with Crippen LogP contribution in [0.15, 0.2) is 24.4 Å². The Labute approximate surface area is 111 Å². The van der Waals surface area contributed by atoms with E-state index in [1.54, 1.807) is 0 Å². The van der Waals surface area contributed by atoms with Crippen molar-refractivity contribution in [1.29, 1.82) is 0 Å². The zero-order valence-corrected chi connectivity index (χ0v) is 11.1. The van der Waals surface area contributed by atoms with Crippen LogP contribution < -0.4 is 10.5 Å². The van der Waals surface area contributed by atoms with Crippen molar-refractivity contribution >= 4 is 16.9 Å². The lowest BCUT2D eigenvalue weighted by Gasteiger charge is -2.08. The first-order valence-electron chi connectivity index (χ1n) is 6.22. The molecule has 1 aromatic carbocycles. The van der Waals surface area contributed by atoms with Gasteiger partial charge in [0.15, 0.2) is 0 Å². The Hall–Kier alpha value is -2.01. The summed E-state index contributed by atoms with van der Waals surface area (Å²) in [4.78, 5) is 14.5. The minimum Gasteiger partial charge on any atom is -0.494 e. The predicted octanol–water partition coefficient (Wildman–Crippen LogP) is 1.61. The molecule has 19 heavy (non-hydrogen) atoms. The number of methoxy groups -OCH3 is 1. The fourth-order valence-corrected chi connectivity index (χ4v) is 2.05. The molecule has 1 atom stereocenters. The Kier molecular flexibility index (Phi) is 4.06.